The van der Waals surface area contributed by atoms with Crippen molar-refractivity contribution in [3.63, 3.8) is 0 Å². The van der Waals surface area contributed by atoms with Gasteiger partial charge in [-0.2, -0.15) is 0 Å². The zero-order valence-corrected chi connectivity index (χ0v) is 9.95. The topological polar surface area (TPSA) is 24.9 Å². The van der Waals surface area contributed by atoms with Crippen LogP contribution < -0.4 is 5.32 Å². The first-order valence-corrected chi connectivity index (χ1v) is 6.47. The fraction of sp³-hybridized carbons (Fsp3) is 0.643. The summed E-state index contributed by atoms with van der Waals surface area (Å²) in [6.45, 7) is 3.00. The van der Waals surface area contributed by atoms with E-state index in [4.69, 9.17) is 0 Å². The van der Waals surface area contributed by atoms with Crippen molar-refractivity contribution in [3.05, 3.63) is 29.6 Å². The van der Waals surface area contributed by atoms with Crippen LogP contribution in [-0.4, -0.2) is 11.0 Å². The van der Waals surface area contributed by atoms with E-state index in [1.807, 2.05) is 0 Å². The van der Waals surface area contributed by atoms with Gasteiger partial charge in [-0.3, -0.25) is 4.98 Å². The Balaban J connectivity index is 1.57. The minimum atomic E-state index is 0.765. The number of nitrogens with zero attached hydrogens (tertiary/aromatic N) is 1. The third kappa shape index (κ3) is 1.99. The molecule has 0 spiro atoms. The van der Waals surface area contributed by atoms with Gasteiger partial charge < -0.3 is 5.32 Å². The molecule has 0 amide bonds. The van der Waals surface area contributed by atoms with E-state index in [0.29, 0.717) is 0 Å². The monoisotopic (exact) mass is 216 g/mol. The first-order chi connectivity index (χ1) is 7.81. The van der Waals surface area contributed by atoms with Gasteiger partial charge in [-0.25, -0.2) is 0 Å². The molecular formula is C14H20N2. The molecule has 2 saturated carbocycles. The third-order valence-corrected chi connectivity index (χ3v) is 4.23. The van der Waals surface area contributed by atoms with Crippen LogP contribution in [0.5, 0.6) is 0 Å². The van der Waals surface area contributed by atoms with Crippen molar-refractivity contribution >= 4 is 0 Å². The van der Waals surface area contributed by atoms with E-state index in [0.717, 1.165) is 30.1 Å². The Morgan fingerprint density at radius 3 is 2.94 bits per heavy atom. The maximum atomic E-state index is 4.53. The zero-order valence-electron chi connectivity index (χ0n) is 9.95. The largest absolute Gasteiger partial charge is 0.308 e. The molecule has 3 atom stereocenters. The SMILES string of the molecule is Cc1cccc(CNC2CC3CCC2C3)n1. The smallest absolute Gasteiger partial charge is 0.0544 e. The zero-order chi connectivity index (χ0) is 11.0. The summed E-state index contributed by atoms with van der Waals surface area (Å²) < 4.78 is 0. The summed E-state index contributed by atoms with van der Waals surface area (Å²) in [6, 6.07) is 7.04. The molecular weight excluding hydrogens is 196 g/mol. The van der Waals surface area contributed by atoms with Crippen LogP contribution in [0, 0.1) is 18.8 Å². The molecule has 2 heteroatoms. The average molecular weight is 216 g/mol. The van der Waals surface area contributed by atoms with Crippen LogP contribution in [0.4, 0.5) is 0 Å². The molecule has 3 rings (SSSR count). The van der Waals surface area contributed by atoms with Gasteiger partial charge in [0.2, 0.25) is 0 Å². The normalized spacial score (nSPS) is 32.2. The quantitative estimate of drug-likeness (QED) is 0.840. The van der Waals surface area contributed by atoms with Crippen molar-refractivity contribution in [1.82, 2.24) is 10.3 Å². The summed E-state index contributed by atoms with van der Waals surface area (Å²) in [5.74, 6) is 1.97. The van der Waals surface area contributed by atoms with Crippen LogP contribution in [0.25, 0.3) is 0 Å². The first kappa shape index (κ1) is 10.3. The molecule has 2 nitrogen and oxygen atoms in total. The van der Waals surface area contributed by atoms with Gasteiger partial charge in [0.25, 0.3) is 0 Å². The second kappa shape index (κ2) is 4.17. The second-order valence-electron chi connectivity index (χ2n) is 5.43. The van der Waals surface area contributed by atoms with Gasteiger partial charge in [0, 0.05) is 18.3 Å². The number of aromatic nitrogens is 1. The molecule has 0 aliphatic heterocycles. The Bertz CT molecular complexity index is 375. The average Bonchev–Trinajstić information content (AvgIpc) is 2.88. The lowest BCUT2D eigenvalue weighted by atomic mass is 9.95. The first-order valence-electron chi connectivity index (χ1n) is 6.47. The summed E-state index contributed by atoms with van der Waals surface area (Å²) in [5, 5.41) is 3.69. The van der Waals surface area contributed by atoms with Crippen molar-refractivity contribution < 1.29 is 0 Å². The molecule has 1 heterocycles. The molecule has 2 aliphatic rings. The molecule has 16 heavy (non-hydrogen) atoms. The van der Waals surface area contributed by atoms with Crippen LogP contribution >= 0.6 is 0 Å². The minimum absolute atomic E-state index is 0.765. The van der Waals surface area contributed by atoms with Crippen LogP contribution in [0.1, 0.15) is 37.1 Å². The van der Waals surface area contributed by atoms with Crippen molar-refractivity contribution in [1.29, 1.82) is 0 Å². The van der Waals surface area contributed by atoms with Crippen molar-refractivity contribution in [2.24, 2.45) is 11.8 Å². The number of hydrogen-bond donors (Lipinski definition) is 1. The fourth-order valence-corrected chi connectivity index (χ4v) is 3.43. The Morgan fingerprint density at radius 1 is 1.31 bits per heavy atom. The van der Waals surface area contributed by atoms with Crippen LogP contribution in [0.15, 0.2) is 18.2 Å². The molecule has 0 radical (unpaired) electrons. The minimum Gasteiger partial charge on any atom is -0.308 e. The highest BCUT2D eigenvalue weighted by Crippen LogP contribution is 2.44. The van der Waals surface area contributed by atoms with Crippen molar-refractivity contribution in [2.75, 3.05) is 0 Å². The van der Waals surface area contributed by atoms with Crippen molar-refractivity contribution in [3.8, 4) is 0 Å². The summed E-state index contributed by atoms with van der Waals surface area (Å²) in [6.07, 6.45) is 5.80. The molecule has 2 fully saturated rings. The predicted octanol–water partition coefficient (Wildman–Crippen LogP) is 2.67. The molecule has 1 aromatic rings. The molecule has 2 aliphatic carbocycles. The second-order valence-corrected chi connectivity index (χ2v) is 5.43. The Morgan fingerprint density at radius 2 is 2.25 bits per heavy atom. The lowest BCUT2D eigenvalue weighted by Crippen LogP contribution is -2.33. The van der Waals surface area contributed by atoms with E-state index in [1.54, 1.807) is 0 Å². The Labute approximate surface area is 97.5 Å². The summed E-state index contributed by atoms with van der Waals surface area (Å²) >= 11 is 0. The molecule has 3 unspecified atom stereocenters. The molecule has 86 valence electrons. The number of pyridine rings is 1. The van der Waals surface area contributed by atoms with E-state index >= 15 is 0 Å². The van der Waals surface area contributed by atoms with Crippen LogP contribution in [0.3, 0.4) is 0 Å². The van der Waals surface area contributed by atoms with E-state index < -0.39 is 0 Å². The fourth-order valence-electron chi connectivity index (χ4n) is 3.43. The van der Waals surface area contributed by atoms with Crippen molar-refractivity contribution in [2.45, 2.75) is 45.2 Å². The number of nitrogens with one attached hydrogen (secondary N) is 1. The summed E-state index contributed by atoms with van der Waals surface area (Å²) in [4.78, 5) is 4.53. The standard InChI is InChI=1S/C14H20N2/c1-10-3-2-4-13(16-10)9-15-14-8-11-5-6-12(14)7-11/h2-4,11-12,14-15H,5-9H2,1H3. The van der Waals surface area contributed by atoms with Gasteiger partial charge in [0.15, 0.2) is 0 Å². The molecule has 1 aromatic heterocycles. The van der Waals surface area contributed by atoms with Crippen LogP contribution in [0.2, 0.25) is 0 Å². The highest BCUT2D eigenvalue weighted by atomic mass is 15.0. The summed E-state index contributed by atoms with van der Waals surface area (Å²) in [5.41, 5.74) is 2.30. The van der Waals surface area contributed by atoms with Gasteiger partial charge >= 0.3 is 0 Å². The van der Waals surface area contributed by atoms with Crippen LogP contribution in [-0.2, 0) is 6.54 Å². The number of hydrogen-bond acceptors (Lipinski definition) is 2. The maximum absolute atomic E-state index is 4.53. The van der Waals surface area contributed by atoms with Gasteiger partial charge in [0.1, 0.15) is 0 Å². The van der Waals surface area contributed by atoms with Gasteiger partial charge in [-0.05, 0) is 50.2 Å². The number of rotatable bonds is 3. The maximum Gasteiger partial charge on any atom is 0.0544 e. The highest BCUT2D eigenvalue weighted by molar-refractivity contribution is 5.10. The van der Waals surface area contributed by atoms with E-state index in [1.165, 1.54) is 31.4 Å². The third-order valence-electron chi connectivity index (χ3n) is 4.23. The Kier molecular flexibility index (Phi) is 2.68. The predicted molar refractivity (Wildman–Crippen MR) is 65.0 cm³/mol. The molecule has 0 saturated heterocycles. The number of aryl methyl sites for hydroxylation is 1. The number of fused-ring (bicyclic) bond motifs is 2. The van der Waals surface area contributed by atoms with Gasteiger partial charge in [-0.1, -0.05) is 12.5 Å². The molecule has 0 aromatic carbocycles. The van der Waals surface area contributed by atoms with E-state index in [2.05, 4.69) is 35.4 Å². The molecule has 1 N–H and O–H groups in total. The van der Waals surface area contributed by atoms with Gasteiger partial charge in [-0.15, -0.1) is 0 Å². The summed E-state index contributed by atoms with van der Waals surface area (Å²) in [7, 11) is 0. The lowest BCUT2D eigenvalue weighted by molar-refractivity contribution is 0.349. The highest BCUT2D eigenvalue weighted by Gasteiger charge is 2.38. The molecule has 2 bridgehead atoms. The van der Waals surface area contributed by atoms with E-state index in [-0.39, 0.29) is 0 Å². The Hall–Kier alpha value is -0.890. The lowest BCUT2D eigenvalue weighted by Gasteiger charge is -2.22. The van der Waals surface area contributed by atoms with Gasteiger partial charge in [0.05, 0.1) is 5.69 Å². The van der Waals surface area contributed by atoms with E-state index in [9.17, 15) is 0 Å².